The molecule has 1 aromatic heterocycles. The number of pyridine rings is 1. The molecule has 0 aliphatic rings. The first-order chi connectivity index (χ1) is 10.6. The largest absolute Gasteiger partial charge is 0.465 e. The Morgan fingerprint density at radius 2 is 1.68 bits per heavy atom. The number of rotatable bonds is 5. The Balaban J connectivity index is 2.58. The number of ether oxygens (including phenoxy) is 2. The van der Waals surface area contributed by atoms with Crippen LogP contribution >= 0.6 is 0 Å². The van der Waals surface area contributed by atoms with Gasteiger partial charge < -0.3 is 9.47 Å². The van der Waals surface area contributed by atoms with Gasteiger partial charge in [-0.2, -0.15) is 0 Å². The highest BCUT2D eigenvalue weighted by atomic mass is 16.6. The summed E-state index contributed by atoms with van der Waals surface area (Å²) in [6, 6.07) is 9.19. The fraction of sp³-hybridized carbons (Fsp3) is 0.353. The standard InChI is InChI=1S/C17H19NO4/c1-4-21-16(19)14(17(20)22-5-2)13-8-6-7-12-10-9-11(3)18-15(12)13/h6-10,14H,4-5H2,1-3H3. The van der Waals surface area contributed by atoms with Gasteiger partial charge in [0.05, 0.1) is 18.7 Å². The maximum atomic E-state index is 12.2. The summed E-state index contributed by atoms with van der Waals surface area (Å²) in [5.74, 6) is -2.34. The van der Waals surface area contributed by atoms with E-state index >= 15 is 0 Å². The summed E-state index contributed by atoms with van der Waals surface area (Å²) in [5, 5.41) is 0.863. The van der Waals surface area contributed by atoms with Crippen LogP contribution in [0.3, 0.4) is 0 Å². The zero-order valence-electron chi connectivity index (χ0n) is 13.0. The molecule has 22 heavy (non-hydrogen) atoms. The predicted molar refractivity (Wildman–Crippen MR) is 82.5 cm³/mol. The lowest BCUT2D eigenvalue weighted by molar-refractivity contribution is -0.156. The quantitative estimate of drug-likeness (QED) is 0.627. The van der Waals surface area contributed by atoms with Gasteiger partial charge in [-0.05, 0) is 26.8 Å². The molecule has 0 saturated heterocycles. The van der Waals surface area contributed by atoms with Gasteiger partial charge >= 0.3 is 11.9 Å². The summed E-state index contributed by atoms with van der Waals surface area (Å²) < 4.78 is 10.1. The van der Waals surface area contributed by atoms with Crippen molar-refractivity contribution in [3.63, 3.8) is 0 Å². The lowest BCUT2D eigenvalue weighted by atomic mass is 9.96. The van der Waals surface area contributed by atoms with Gasteiger partial charge in [-0.1, -0.05) is 24.3 Å². The number of fused-ring (bicyclic) bond motifs is 1. The van der Waals surface area contributed by atoms with Crippen molar-refractivity contribution in [3.05, 3.63) is 41.6 Å². The van der Waals surface area contributed by atoms with Crippen LogP contribution in [0.4, 0.5) is 0 Å². The molecule has 1 aromatic carbocycles. The molecular weight excluding hydrogens is 282 g/mol. The third kappa shape index (κ3) is 3.24. The predicted octanol–water partition coefficient (Wildman–Crippen LogP) is 2.75. The average Bonchev–Trinajstić information content (AvgIpc) is 2.48. The van der Waals surface area contributed by atoms with Gasteiger partial charge in [0.1, 0.15) is 0 Å². The van der Waals surface area contributed by atoms with Crippen LogP contribution in [0.25, 0.3) is 10.9 Å². The maximum Gasteiger partial charge on any atom is 0.324 e. The highest BCUT2D eigenvalue weighted by Crippen LogP contribution is 2.27. The molecule has 5 nitrogen and oxygen atoms in total. The third-order valence-corrected chi connectivity index (χ3v) is 3.25. The highest BCUT2D eigenvalue weighted by Gasteiger charge is 2.33. The molecule has 0 aliphatic carbocycles. The molecule has 2 rings (SSSR count). The summed E-state index contributed by atoms with van der Waals surface area (Å²) in [6.45, 7) is 5.66. The van der Waals surface area contributed by atoms with Crippen LogP contribution in [0.1, 0.15) is 31.0 Å². The van der Waals surface area contributed by atoms with Crippen molar-refractivity contribution in [2.75, 3.05) is 13.2 Å². The van der Waals surface area contributed by atoms with Crippen molar-refractivity contribution >= 4 is 22.8 Å². The van der Waals surface area contributed by atoms with Crippen molar-refractivity contribution < 1.29 is 19.1 Å². The van der Waals surface area contributed by atoms with Crippen molar-refractivity contribution in [1.82, 2.24) is 4.98 Å². The monoisotopic (exact) mass is 301 g/mol. The molecule has 0 spiro atoms. The van der Waals surface area contributed by atoms with Crippen LogP contribution in [0, 0.1) is 6.92 Å². The van der Waals surface area contributed by atoms with E-state index in [0.29, 0.717) is 11.1 Å². The SMILES string of the molecule is CCOC(=O)C(C(=O)OCC)c1cccc2ccc(C)nc12. The van der Waals surface area contributed by atoms with E-state index in [9.17, 15) is 9.59 Å². The van der Waals surface area contributed by atoms with Crippen molar-refractivity contribution in [2.45, 2.75) is 26.7 Å². The van der Waals surface area contributed by atoms with Gasteiger partial charge in [0.15, 0.2) is 5.92 Å². The number of aromatic nitrogens is 1. The minimum absolute atomic E-state index is 0.200. The van der Waals surface area contributed by atoms with Crippen LogP contribution in [-0.2, 0) is 19.1 Å². The van der Waals surface area contributed by atoms with Crippen LogP contribution in [-0.4, -0.2) is 30.1 Å². The van der Waals surface area contributed by atoms with Crippen LogP contribution in [0.15, 0.2) is 30.3 Å². The number of carbonyl (C=O) groups is 2. The summed E-state index contributed by atoms with van der Waals surface area (Å²) >= 11 is 0. The molecule has 0 radical (unpaired) electrons. The number of para-hydroxylation sites is 1. The van der Waals surface area contributed by atoms with E-state index < -0.39 is 17.9 Å². The molecular formula is C17H19NO4. The highest BCUT2D eigenvalue weighted by molar-refractivity contribution is 6.04. The minimum atomic E-state index is -1.11. The molecule has 0 unspecified atom stereocenters. The van der Waals surface area contributed by atoms with Gasteiger partial charge in [0.2, 0.25) is 0 Å². The van der Waals surface area contributed by atoms with Gasteiger partial charge in [-0.25, -0.2) is 0 Å². The van der Waals surface area contributed by atoms with Gasteiger partial charge in [-0.3, -0.25) is 14.6 Å². The Bertz CT molecular complexity index is 678. The molecule has 0 fully saturated rings. The Kier molecular flexibility index (Phi) is 5.09. The Morgan fingerprint density at radius 3 is 2.27 bits per heavy atom. The average molecular weight is 301 g/mol. The summed E-state index contributed by atoms with van der Waals surface area (Å²) in [4.78, 5) is 28.9. The first-order valence-electron chi connectivity index (χ1n) is 7.28. The number of esters is 2. The third-order valence-electron chi connectivity index (χ3n) is 3.25. The summed E-state index contributed by atoms with van der Waals surface area (Å²) in [5.41, 5.74) is 1.94. The smallest absolute Gasteiger partial charge is 0.324 e. The fourth-order valence-corrected chi connectivity index (χ4v) is 2.30. The van der Waals surface area contributed by atoms with Crippen molar-refractivity contribution in [3.8, 4) is 0 Å². The van der Waals surface area contributed by atoms with Crippen LogP contribution in [0.2, 0.25) is 0 Å². The zero-order chi connectivity index (χ0) is 16.1. The molecule has 0 N–H and O–H groups in total. The van der Waals surface area contributed by atoms with Gasteiger partial charge in [-0.15, -0.1) is 0 Å². The maximum absolute atomic E-state index is 12.2. The number of hydrogen-bond acceptors (Lipinski definition) is 5. The van der Waals surface area contributed by atoms with E-state index in [-0.39, 0.29) is 13.2 Å². The second kappa shape index (κ2) is 7.02. The van der Waals surface area contributed by atoms with E-state index in [0.717, 1.165) is 11.1 Å². The molecule has 1 heterocycles. The second-order valence-corrected chi connectivity index (χ2v) is 4.81. The molecule has 0 saturated carbocycles. The Hall–Kier alpha value is -2.43. The molecule has 116 valence electrons. The van der Waals surface area contributed by atoms with Gasteiger partial charge in [0.25, 0.3) is 0 Å². The zero-order valence-corrected chi connectivity index (χ0v) is 13.0. The Morgan fingerprint density at radius 1 is 1.05 bits per heavy atom. The van der Waals surface area contributed by atoms with E-state index in [1.165, 1.54) is 0 Å². The molecule has 0 aliphatic heterocycles. The molecule has 5 heteroatoms. The summed E-state index contributed by atoms with van der Waals surface area (Å²) in [7, 11) is 0. The van der Waals surface area contributed by atoms with Crippen molar-refractivity contribution in [1.29, 1.82) is 0 Å². The second-order valence-electron chi connectivity index (χ2n) is 4.81. The molecule has 0 bridgehead atoms. The van der Waals surface area contributed by atoms with Crippen LogP contribution in [0.5, 0.6) is 0 Å². The number of carbonyl (C=O) groups excluding carboxylic acids is 2. The first-order valence-corrected chi connectivity index (χ1v) is 7.28. The van der Waals surface area contributed by atoms with E-state index in [1.54, 1.807) is 26.0 Å². The number of hydrogen-bond donors (Lipinski definition) is 0. The molecule has 2 aromatic rings. The normalized spacial score (nSPS) is 10.7. The van der Waals surface area contributed by atoms with Crippen molar-refractivity contribution in [2.24, 2.45) is 0 Å². The van der Waals surface area contributed by atoms with Crippen LogP contribution < -0.4 is 0 Å². The van der Waals surface area contributed by atoms with E-state index in [1.807, 2.05) is 25.1 Å². The van der Waals surface area contributed by atoms with Gasteiger partial charge in [0, 0.05) is 16.6 Å². The lowest BCUT2D eigenvalue weighted by Gasteiger charge is -2.16. The Labute approximate surface area is 129 Å². The number of nitrogens with zero attached hydrogens (tertiary/aromatic N) is 1. The van der Waals surface area contributed by atoms with E-state index in [4.69, 9.17) is 9.47 Å². The molecule has 0 amide bonds. The summed E-state index contributed by atoms with van der Waals surface area (Å²) in [6.07, 6.45) is 0. The topological polar surface area (TPSA) is 65.5 Å². The minimum Gasteiger partial charge on any atom is -0.465 e. The molecule has 0 atom stereocenters. The lowest BCUT2D eigenvalue weighted by Crippen LogP contribution is -2.26. The number of benzene rings is 1. The number of aryl methyl sites for hydroxylation is 1. The fourth-order valence-electron chi connectivity index (χ4n) is 2.30. The first kappa shape index (κ1) is 15.9. The van der Waals surface area contributed by atoms with E-state index in [2.05, 4.69) is 4.98 Å².